The van der Waals surface area contributed by atoms with E-state index in [-0.39, 0.29) is 13.2 Å². The predicted octanol–water partition coefficient (Wildman–Crippen LogP) is 2.27. The van der Waals surface area contributed by atoms with Gasteiger partial charge < -0.3 is 14.6 Å². The molecule has 0 saturated carbocycles. The molecule has 4 nitrogen and oxygen atoms in total. The number of carbonyl (C=O) groups is 1. The predicted molar refractivity (Wildman–Crippen MR) is 72.0 cm³/mol. The quantitative estimate of drug-likeness (QED) is 0.838. The van der Waals surface area contributed by atoms with Gasteiger partial charge in [0.15, 0.2) is 6.61 Å². The third-order valence-electron chi connectivity index (χ3n) is 2.81. The van der Waals surface area contributed by atoms with Crippen molar-refractivity contribution in [2.75, 3.05) is 13.2 Å². The Morgan fingerprint density at radius 1 is 1.21 bits per heavy atom. The molecule has 2 aromatic carbocycles. The van der Waals surface area contributed by atoms with Crippen LogP contribution >= 0.6 is 0 Å². The molecule has 19 heavy (non-hydrogen) atoms. The average Bonchev–Trinajstić information content (AvgIpc) is 2.44. The van der Waals surface area contributed by atoms with Crippen molar-refractivity contribution in [1.82, 2.24) is 0 Å². The molecule has 0 saturated heterocycles. The highest BCUT2D eigenvalue weighted by atomic mass is 16.6. The Labute approximate surface area is 111 Å². The van der Waals surface area contributed by atoms with Crippen molar-refractivity contribution in [3.63, 3.8) is 0 Å². The van der Waals surface area contributed by atoms with Crippen LogP contribution in [0.5, 0.6) is 5.75 Å². The number of benzene rings is 2. The second-order valence-electron chi connectivity index (χ2n) is 4.02. The number of hydrogen-bond donors (Lipinski definition) is 1. The van der Waals surface area contributed by atoms with Gasteiger partial charge in [-0.15, -0.1) is 0 Å². The number of aliphatic hydroxyl groups is 1. The maximum absolute atomic E-state index is 11.3. The van der Waals surface area contributed by atoms with Crippen molar-refractivity contribution in [1.29, 1.82) is 0 Å². The minimum atomic E-state index is -0.417. The second kappa shape index (κ2) is 6.20. The van der Waals surface area contributed by atoms with Crippen molar-refractivity contribution >= 4 is 16.7 Å². The van der Waals surface area contributed by atoms with Gasteiger partial charge in [0.2, 0.25) is 0 Å². The number of aliphatic hydroxyl groups excluding tert-OH is 1. The molecule has 0 heterocycles. The van der Waals surface area contributed by atoms with Crippen LogP contribution in [-0.2, 0) is 16.1 Å². The zero-order chi connectivity index (χ0) is 13.7. The van der Waals surface area contributed by atoms with Crippen molar-refractivity contribution in [3.05, 3.63) is 42.0 Å². The fourth-order valence-electron chi connectivity index (χ4n) is 1.95. The zero-order valence-electron chi connectivity index (χ0n) is 10.8. The number of fused-ring (bicyclic) bond motifs is 1. The van der Waals surface area contributed by atoms with Gasteiger partial charge in [-0.05, 0) is 23.8 Å². The lowest BCUT2D eigenvalue weighted by molar-refractivity contribution is -0.145. The molecule has 0 radical (unpaired) electrons. The Hall–Kier alpha value is -2.07. The molecule has 0 aliphatic rings. The molecule has 1 N–H and O–H groups in total. The third kappa shape index (κ3) is 3.03. The van der Waals surface area contributed by atoms with E-state index in [0.29, 0.717) is 17.9 Å². The Balaban J connectivity index is 2.25. The fraction of sp³-hybridized carbons (Fsp3) is 0.267. The summed E-state index contributed by atoms with van der Waals surface area (Å²) in [4.78, 5) is 11.3. The number of rotatable bonds is 5. The number of esters is 1. The van der Waals surface area contributed by atoms with Crippen molar-refractivity contribution < 1.29 is 19.4 Å². The molecular formula is C15H16O4. The van der Waals surface area contributed by atoms with Crippen LogP contribution in [-0.4, -0.2) is 24.3 Å². The molecular weight excluding hydrogens is 244 g/mol. The van der Waals surface area contributed by atoms with Gasteiger partial charge in [0, 0.05) is 5.56 Å². The molecule has 0 aromatic heterocycles. The molecule has 0 fully saturated rings. The highest BCUT2D eigenvalue weighted by Gasteiger charge is 2.10. The highest BCUT2D eigenvalue weighted by molar-refractivity contribution is 5.87. The van der Waals surface area contributed by atoms with Crippen LogP contribution in [0.4, 0.5) is 0 Å². The molecule has 100 valence electrons. The van der Waals surface area contributed by atoms with Crippen LogP contribution in [0.15, 0.2) is 36.4 Å². The second-order valence-corrected chi connectivity index (χ2v) is 4.02. The van der Waals surface area contributed by atoms with Gasteiger partial charge in [0.05, 0.1) is 13.2 Å². The first-order chi connectivity index (χ1) is 9.26. The van der Waals surface area contributed by atoms with E-state index in [9.17, 15) is 9.90 Å². The molecule has 0 aliphatic carbocycles. The molecule has 0 atom stereocenters. The summed E-state index contributed by atoms with van der Waals surface area (Å²) in [6.45, 7) is 1.78. The van der Waals surface area contributed by atoms with Crippen LogP contribution in [0.3, 0.4) is 0 Å². The Morgan fingerprint density at radius 2 is 2.00 bits per heavy atom. The molecule has 0 aliphatic heterocycles. The normalized spacial score (nSPS) is 10.4. The van der Waals surface area contributed by atoms with E-state index in [2.05, 4.69) is 0 Å². The van der Waals surface area contributed by atoms with Crippen LogP contribution < -0.4 is 4.74 Å². The van der Waals surface area contributed by atoms with Gasteiger partial charge >= 0.3 is 5.97 Å². The van der Waals surface area contributed by atoms with Crippen LogP contribution in [0, 0.1) is 0 Å². The van der Waals surface area contributed by atoms with Crippen LogP contribution in [0.1, 0.15) is 12.5 Å². The fourth-order valence-corrected chi connectivity index (χ4v) is 1.95. The smallest absolute Gasteiger partial charge is 0.344 e. The Kier molecular flexibility index (Phi) is 4.36. The van der Waals surface area contributed by atoms with Gasteiger partial charge in [-0.2, -0.15) is 0 Å². The highest BCUT2D eigenvalue weighted by Crippen LogP contribution is 2.28. The minimum absolute atomic E-state index is 0.139. The molecule has 0 bridgehead atoms. The molecule has 4 heteroatoms. The Morgan fingerprint density at radius 3 is 2.74 bits per heavy atom. The van der Waals surface area contributed by atoms with Gasteiger partial charge in [-0.3, -0.25) is 0 Å². The van der Waals surface area contributed by atoms with Gasteiger partial charge in [-0.25, -0.2) is 4.79 Å². The van der Waals surface area contributed by atoms with E-state index in [1.807, 2.05) is 30.3 Å². The average molecular weight is 260 g/mol. The SMILES string of the molecule is CCOC(=O)COc1ccc2ccccc2c1CO. The lowest BCUT2D eigenvalue weighted by Crippen LogP contribution is -2.15. The molecule has 2 rings (SSSR count). The van der Waals surface area contributed by atoms with E-state index in [1.165, 1.54) is 0 Å². The first kappa shape index (κ1) is 13.4. The van der Waals surface area contributed by atoms with Crippen molar-refractivity contribution in [2.45, 2.75) is 13.5 Å². The summed E-state index contributed by atoms with van der Waals surface area (Å²) in [5.74, 6) is 0.0915. The molecule has 0 unspecified atom stereocenters. The first-order valence-electron chi connectivity index (χ1n) is 6.16. The first-order valence-corrected chi connectivity index (χ1v) is 6.16. The summed E-state index contributed by atoms with van der Waals surface area (Å²) in [6, 6.07) is 11.4. The van der Waals surface area contributed by atoms with Crippen molar-refractivity contribution in [2.24, 2.45) is 0 Å². The number of carbonyl (C=O) groups excluding carboxylic acids is 1. The summed E-state index contributed by atoms with van der Waals surface area (Å²) in [7, 11) is 0. The molecule has 2 aromatic rings. The van der Waals surface area contributed by atoms with Gasteiger partial charge in [-0.1, -0.05) is 30.3 Å². The summed E-state index contributed by atoms with van der Waals surface area (Å²) < 4.78 is 10.2. The largest absolute Gasteiger partial charge is 0.482 e. The standard InChI is InChI=1S/C15H16O4/c1-2-18-15(17)10-19-14-8-7-11-5-3-4-6-12(11)13(14)9-16/h3-8,16H,2,9-10H2,1H3. The maximum Gasteiger partial charge on any atom is 0.344 e. The molecule has 0 amide bonds. The van der Waals surface area contributed by atoms with Crippen LogP contribution in [0.2, 0.25) is 0 Å². The summed E-state index contributed by atoms with van der Waals surface area (Å²) in [6.07, 6.45) is 0. The van der Waals surface area contributed by atoms with E-state index >= 15 is 0 Å². The van der Waals surface area contributed by atoms with E-state index in [0.717, 1.165) is 10.8 Å². The third-order valence-corrected chi connectivity index (χ3v) is 2.81. The number of ether oxygens (including phenoxy) is 2. The lowest BCUT2D eigenvalue weighted by atomic mass is 10.0. The van der Waals surface area contributed by atoms with E-state index < -0.39 is 5.97 Å². The summed E-state index contributed by atoms with van der Waals surface area (Å²) in [5, 5.41) is 11.4. The summed E-state index contributed by atoms with van der Waals surface area (Å²) in [5.41, 5.74) is 0.683. The maximum atomic E-state index is 11.3. The Bertz CT molecular complexity index is 577. The van der Waals surface area contributed by atoms with Gasteiger partial charge in [0.1, 0.15) is 5.75 Å². The topological polar surface area (TPSA) is 55.8 Å². The van der Waals surface area contributed by atoms with E-state index in [4.69, 9.17) is 9.47 Å². The summed E-state index contributed by atoms with van der Waals surface area (Å²) >= 11 is 0. The zero-order valence-corrected chi connectivity index (χ0v) is 10.8. The van der Waals surface area contributed by atoms with Crippen LogP contribution in [0.25, 0.3) is 10.8 Å². The van der Waals surface area contributed by atoms with E-state index in [1.54, 1.807) is 13.0 Å². The van der Waals surface area contributed by atoms with Crippen molar-refractivity contribution in [3.8, 4) is 5.75 Å². The lowest BCUT2D eigenvalue weighted by Gasteiger charge is -2.12. The number of hydrogen-bond acceptors (Lipinski definition) is 4. The monoisotopic (exact) mass is 260 g/mol. The van der Waals surface area contributed by atoms with Gasteiger partial charge in [0.25, 0.3) is 0 Å². The minimum Gasteiger partial charge on any atom is -0.482 e. The molecule has 0 spiro atoms.